The number of carbonyl (C=O) groups is 1. The molecule has 0 unspecified atom stereocenters. The predicted molar refractivity (Wildman–Crippen MR) is 97.9 cm³/mol. The predicted octanol–water partition coefficient (Wildman–Crippen LogP) is 4.18. The number of amides is 1. The van der Waals surface area contributed by atoms with Crippen LogP contribution < -0.4 is 0 Å². The Hall–Kier alpha value is -2.30. The average Bonchev–Trinajstić information content (AvgIpc) is 3.23. The van der Waals surface area contributed by atoms with Gasteiger partial charge >= 0.3 is 0 Å². The Morgan fingerprint density at radius 3 is 2.50 bits per heavy atom. The fraction of sp³-hybridized carbons (Fsp3) is 0.476. The number of hydrogen-bond donors (Lipinski definition) is 0. The molecule has 1 saturated carbocycles. The molecule has 1 aromatic heterocycles. The van der Waals surface area contributed by atoms with Crippen LogP contribution >= 0.6 is 0 Å². The summed E-state index contributed by atoms with van der Waals surface area (Å²) in [6.45, 7) is 1.56. The standard InChI is InChI=1S/C21H24FN3O/c22-18-9-7-15(8-10-18)19-20(24-12-11-23-19)17-6-3-13-25(14-17)21(26)16-4-1-2-5-16/h7-12,16-17H,1-6,13-14H2/t17-/m1/s1. The highest BCUT2D eigenvalue weighted by Crippen LogP contribution is 2.34. The highest BCUT2D eigenvalue weighted by atomic mass is 19.1. The van der Waals surface area contributed by atoms with E-state index in [0.717, 1.165) is 49.2 Å². The lowest BCUT2D eigenvalue weighted by atomic mass is 9.90. The Morgan fingerprint density at radius 1 is 1.00 bits per heavy atom. The van der Waals surface area contributed by atoms with Crippen LogP contribution in [0, 0.1) is 11.7 Å². The first-order valence-electron chi connectivity index (χ1n) is 9.58. The molecule has 0 spiro atoms. The maximum absolute atomic E-state index is 13.3. The summed E-state index contributed by atoms with van der Waals surface area (Å²) in [7, 11) is 0. The number of aromatic nitrogens is 2. The van der Waals surface area contributed by atoms with Gasteiger partial charge < -0.3 is 4.90 Å². The van der Waals surface area contributed by atoms with Gasteiger partial charge in [0.05, 0.1) is 11.4 Å². The van der Waals surface area contributed by atoms with Crippen LogP contribution in [0.2, 0.25) is 0 Å². The van der Waals surface area contributed by atoms with Crippen molar-refractivity contribution in [2.24, 2.45) is 5.92 Å². The van der Waals surface area contributed by atoms with Crippen LogP contribution in [0.5, 0.6) is 0 Å². The number of hydrogen-bond acceptors (Lipinski definition) is 3. The lowest BCUT2D eigenvalue weighted by molar-refractivity contribution is -0.136. The number of nitrogens with zero attached hydrogens (tertiary/aromatic N) is 3. The highest BCUT2D eigenvalue weighted by molar-refractivity contribution is 5.79. The van der Waals surface area contributed by atoms with E-state index in [4.69, 9.17) is 0 Å². The summed E-state index contributed by atoms with van der Waals surface area (Å²) in [5, 5.41) is 0. The Bertz CT molecular complexity index is 771. The quantitative estimate of drug-likeness (QED) is 0.832. The fourth-order valence-corrected chi connectivity index (χ4v) is 4.31. The van der Waals surface area contributed by atoms with E-state index in [9.17, 15) is 9.18 Å². The molecule has 2 heterocycles. The van der Waals surface area contributed by atoms with Crippen LogP contribution in [-0.4, -0.2) is 33.9 Å². The van der Waals surface area contributed by atoms with Crippen molar-refractivity contribution >= 4 is 5.91 Å². The van der Waals surface area contributed by atoms with Crippen LogP contribution in [0.25, 0.3) is 11.3 Å². The third-order valence-corrected chi connectivity index (χ3v) is 5.67. The van der Waals surface area contributed by atoms with Crippen molar-refractivity contribution in [3.05, 3.63) is 48.2 Å². The SMILES string of the molecule is O=C(C1CCCC1)N1CCC[C@@H](c2nccnc2-c2ccc(F)cc2)C1. The van der Waals surface area contributed by atoms with Gasteiger partial charge in [-0.1, -0.05) is 12.8 Å². The third-order valence-electron chi connectivity index (χ3n) is 5.67. The summed E-state index contributed by atoms with van der Waals surface area (Å²) in [4.78, 5) is 24.0. The van der Waals surface area contributed by atoms with E-state index in [1.165, 1.54) is 25.0 Å². The minimum absolute atomic E-state index is 0.183. The first-order chi connectivity index (χ1) is 12.7. The Morgan fingerprint density at radius 2 is 1.73 bits per heavy atom. The minimum atomic E-state index is -0.259. The van der Waals surface area contributed by atoms with Gasteiger partial charge in [-0.05, 0) is 49.9 Å². The molecule has 2 aromatic rings. The summed E-state index contributed by atoms with van der Waals surface area (Å²) < 4.78 is 13.3. The van der Waals surface area contributed by atoms with Gasteiger partial charge in [0.1, 0.15) is 5.82 Å². The van der Waals surface area contributed by atoms with E-state index < -0.39 is 0 Å². The van der Waals surface area contributed by atoms with E-state index in [1.807, 2.05) is 4.90 Å². The van der Waals surface area contributed by atoms with Gasteiger partial charge in [0, 0.05) is 42.9 Å². The van der Waals surface area contributed by atoms with Crippen LogP contribution in [0.4, 0.5) is 4.39 Å². The zero-order valence-corrected chi connectivity index (χ0v) is 14.9. The van der Waals surface area contributed by atoms with E-state index in [2.05, 4.69) is 9.97 Å². The molecule has 26 heavy (non-hydrogen) atoms. The monoisotopic (exact) mass is 353 g/mol. The topological polar surface area (TPSA) is 46.1 Å². The van der Waals surface area contributed by atoms with Crippen molar-refractivity contribution in [1.29, 1.82) is 0 Å². The number of likely N-dealkylation sites (tertiary alicyclic amines) is 1. The average molecular weight is 353 g/mol. The molecule has 1 saturated heterocycles. The van der Waals surface area contributed by atoms with Gasteiger partial charge in [-0.15, -0.1) is 0 Å². The van der Waals surface area contributed by atoms with Gasteiger partial charge in [0.25, 0.3) is 0 Å². The number of halogens is 1. The maximum atomic E-state index is 13.3. The molecule has 1 aliphatic carbocycles. The molecular formula is C21H24FN3O. The fourth-order valence-electron chi connectivity index (χ4n) is 4.31. The first kappa shape index (κ1) is 17.1. The largest absolute Gasteiger partial charge is 0.342 e. The summed E-state index contributed by atoms with van der Waals surface area (Å²) >= 11 is 0. The van der Waals surface area contributed by atoms with Crippen LogP contribution in [-0.2, 0) is 4.79 Å². The van der Waals surface area contributed by atoms with Crippen LogP contribution in [0.15, 0.2) is 36.7 Å². The minimum Gasteiger partial charge on any atom is -0.342 e. The van der Waals surface area contributed by atoms with Crippen molar-refractivity contribution in [1.82, 2.24) is 14.9 Å². The summed E-state index contributed by atoms with van der Waals surface area (Å²) in [6, 6.07) is 6.38. The third kappa shape index (κ3) is 3.48. The maximum Gasteiger partial charge on any atom is 0.225 e. The van der Waals surface area contributed by atoms with Gasteiger partial charge in [-0.25, -0.2) is 4.39 Å². The lowest BCUT2D eigenvalue weighted by Gasteiger charge is -2.34. The second-order valence-electron chi connectivity index (χ2n) is 7.40. The number of benzene rings is 1. The Balaban J connectivity index is 1.57. The Labute approximate surface area is 153 Å². The summed E-state index contributed by atoms with van der Waals surface area (Å²) in [5.41, 5.74) is 2.59. The van der Waals surface area contributed by atoms with Crippen molar-refractivity contribution in [3.8, 4) is 11.3 Å². The molecule has 1 amide bonds. The molecule has 0 radical (unpaired) electrons. The normalized spacial score (nSPS) is 21.1. The van der Waals surface area contributed by atoms with Gasteiger partial charge in [0.2, 0.25) is 5.91 Å². The number of carbonyl (C=O) groups excluding carboxylic acids is 1. The van der Waals surface area contributed by atoms with E-state index >= 15 is 0 Å². The molecule has 4 nitrogen and oxygen atoms in total. The van der Waals surface area contributed by atoms with Crippen LogP contribution in [0.3, 0.4) is 0 Å². The number of rotatable bonds is 3. The number of piperidine rings is 1. The smallest absolute Gasteiger partial charge is 0.225 e. The molecule has 5 heteroatoms. The zero-order chi connectivity index (χ0) is 17.9. The first-order valence-corrected chi connectivity index (χ1v) is 9.58. The molecule has 2 aliphatic rings. The van der Waals surface area contributed by atoms with Gasteiger partial charge in [0.15, 0.2) is 0 Å². The molecular weight excluding hydrogens is 329 g/mol. The molecule has 136 valence electrons. The molecule has 0 bridgehead atoms. The van der Waals surface area contributed by atoms with Gasteiger partial charge in [-0.2, -0.15) is 0 Å². The molecule has 1 aliphatic heterocycles. The van der Waals surface area contributed by atoms with E-state index in [0.29, 0.717) is 12.5 Å². The zero-order valence-electron chi connectivity index (χ0n) is 14.9. The Kier molecular flexibility index (Phi) is 4.96. The molecule has 1 aromatic carbocycles. The highest BCUT2D eigenvalue weighted by Gasteiger charge is 2.32. The van der Waals surface area contributed by atoms with E-state index in [1.54, 1.807) is 24.5 Å². The summed E-state index contributed by atoms with van der Waals surface area (Å²) in [5.74, 6) is 0.458. The second kappa shape index (κ2) is 7.52. The van der Waals surface area contributed by atoms with Crippen molar-refractivity contribution in [2.45, 2.75) is 44.4 Å². The van der Waals surface area contributed by atoms with Crippen molar-refractivity contribution < 1.29 is 9.18 Å². The molecule has 0 N–H and O–H groups in total. The van der Waals surface area contributed by atoms with Crippen LogP contribution in [0.1, 0.15) is 50.1 Å². The molecule has 4 rings (SSSR count). The van der Waals surface area contributed by atoms with Gasteiger partial charge in [-0.3, -0.25) is 14.8 Å². The lowest BCUT2D eigenvalue weighted by Crippen LogP contribution is -2.42. The summed E-state index contributed by atoms with van der Waals surface area (Å²) in [6.07, 6.45) is 9.79. The molecule has 2 fully saturated rings. The van der Waals surface area contributed by atoms with Crippen molar-refractivity contribution in [3.63, 3.8) is 0 Å². The van der Waals surface area contributed by atoms with Crippen molar-refractivity contribution in [2.75, 3.05) is 13.1 Å². The van der Waals surface area contributed by atoms with E-state index in [-0.39, 0.29) is 17.7 Å². The second-order valence-corrected chi connectivity index (χ2v) is 7.40. The molecule has 1 atom stereocenters.